The van der Waals surface area contributed by atoms with E-state index in [4.69, 9.17) is 10.5 Å². The van der Waals surface area contributed by atoms with Crippen LogP contribution in [0.5, 0.6) is 5.75 Å². The molecule has 0 atom stereocenters. The summed E-state index contributed by atoms with van der Waals surface area (Å²) >= 11 is 0. The van der Waals surface area contributed by atoms with Crippen molar-refractivity contribution in [2.24, 2.45) is 0 Å². The quantitative estimate of drug-likeness (QED) is 0.652. The zero-order valence-corrected chi connectivity index (χ0v) is 18.5. The van der Waals surface area contributed by atoms with E-state index in [2.05, 4.69) is 74.9 Å². The van der Waals surface area contributed by atoms with E-state index in [1.54, 1.807) is 13.4 Å². The molecule has 1 saturated heterocycles. The van der Waals surface area contributed by atoms with E-state index in [9.17, 15) is 0 Å². The molecule has 1 fully saturated rings. The number of hydrogen-bond acceptors (Lipinski definition) is 7. The molecule has 0 radical (unpaired) electrons. The Morgan fingerprint density at radius 3 is 2.35 bits per heavy atom. The minimum absolute atomic E-state index is 0.628. The SMILES string of the molecule is CCN(c1cccc(C)c1)c1ncnc(N2CCN(c3ccc(OC)cc3)CC2)c1N. The van der Waals surface area contributed by atoms with Crippen LogP contribution in [0.25, 0.3) is 0 Å². The number of nitrogens with two attached hydrogens (primary N) is 1. The van der Waals surface area contributed by atoms with Crippen LogP contribution in [-0.2, 0) is 0 Å². The van der Waals surface area contributed by atoms with E-state index in [1.165, 1.54) is 11.3 Å². The van der Waals surface area contributed by atoms with Crippen molar-refractivity contribution in [1.82, 2.24) is 9.97 Å². The van der Waals surface area contributed by atoms with Crippen molar-refractivity contribution in [3.8, 4) is 5.75 Å². The summed E-state index contributed by atoms with van der Waals surface area (Å²) < 4.78 is 5.26. The molecular weight excluding hydrogens is 388 g/mol. The van der Waals surface area contributed by atoms with Gasteiger partial charge in [-0.15, -0.1) is 0 Å². The van der Waals surface area contributed by atoms with Crippen LogP contribution in [-0.4, -0.2) is 49.8 Å². The van der Waals surface area contributed by atoms with Crippen LogP contribution in [0.4, 0.5) is 28.7 Å². The van der Waals surface area contributed by atoms with E-state index in [1.807, 2.05) is 12.1 Å². The third kappa shape index (κ3) is 4.35. The van der Waals surface area contributed by atoms with Crippen LogP contribution >= 0.6 is 0 Å². The first-order valence-corrected chi connectivity index (χ1v) is 10.7. The number of nitrogen functional groups attached to an aromatic ring is 1. The number of methoxy groups -OCH3 is 1. The molecule has 0 bridgehead atoms. The van der Waals surface area contributed by atoms with Gasteiger partial charge in [-0.2, -0.15) is 0 Å². The second kappa shape index (κ2) is 9.12. The molecular formula is C24H30N6O. The standard InChI is InChI=1S/C24H30N6O/c1-4-30(20-7-5-6-18(2)16-20)24-22(25)23(26-17-27-24)29-14-12-28(13-15-29)19-8-10-21(31-3)11-9-19/h5-11,16-17H,4,12-15,25H2,1-3H3. The molecule has 1 aromatic heterocycles. The van der Waals surface area contributed by atoms with Crippen molar-refractivity contribution in [2.45, 2.75) is 13.8 Å². The van der Waals surface area contributed by atoms with E-state index >= 15 is 0 Å². The Kier molecular flexibility index (Phi) is 6.11. The van der Waals surface area contributed by atoms with E-state index in [-0.39, 0.29) is 0 Å². The molecule has 0 aliphatic carbocycles. The number of ether oxygens (including phenoxy) is 1. The summed E-state index contributed by atoms with van der Waals surface area (Å²) in [4.78, 5) is 15.8. The summed E-state index contributed by atoms with van der Waals surface area (Å²) in [7, 11) is 1.69. The van der Waals surface area contributed by atoms with E-state index in [0.29, 0.717) is 5.69 Å². The topological polar surface area (TPSA) is 70.8 Å². The first-order chi connectivity index (χ1) is 15.1. The van der Waals surface area contributed by atoms with Crippen molar-refractivity contribution in [3.05, 3.63) is 60.4 Å². The lowest BCUT2D eigenvalue weighted by Crippen LogP contribution is -2.47. The maximum Gasteiger partial charge on any atom is 0.161 e. The van der Waals surface area contributed by atoms with Gasteiger partial charge in [-0.1, -0.05) is 12.1 Å². The molecule has 4 rings (SSSR count). The van der Waals surface area contributed by atoms with Gasteiger partial charge in [-0.05, 0) is 55.8 Å². The number of rotatable bonds is 6. The summed E-state index contributed by atoms with van der Waals surface area (Å²) in [6, 6.07) is 16.6. The highest BCUT2D eigenvalue weighted by atomic mass is 16.5. The number of piperazine rings is 1. The van der Waals surface area contributed by atoms with Gasteiger partial charge in [0.2, 0.25) is 0 Å². The third-order valence-electron chi connectivity index (χ3n) is 5.74. The van der Waals surface area contributed by atoms with Crippen molar-refractivity contribution >= 4 is 28.7 Å². The smallest absolute Gasteiger partial charge is 0.161 e. The summed E-state index contributed by atoms with van der Waals surface area (Å²) in [5.41, 5.74) is 10.7. The lowest BCUT2D eigenvalue weighted by atomic mass is 10.2. The molecule has 7 nitrogen and oxygen atoms in total. The largest absolute Gasteiger partial charge is 0.497 e. The van der Waals surface area contributed by atoms with Crippen LogP contribution in [0.15, 0.2) is 54.9 Å². The average molecular weight is 419 g/mol. The maximum absolute atomic E-state index is 6.61. The highest BCUT2D eigenvalue weighted by molar-refractivity contribution is 5.80. The maximum atomic E-state index is 6.61. The normalized spacial score (nSPS) is 13.9. The Hall–Kier alpha value is -3.48. The Morgan fingerprint density at radius 1 is 1.00 bits per heavy atom. The Morgan fingerprint density at radius 2 is 1.71 bits per heavy atom. The zero-order valence-electron chi connectivity index (χ0n) is 18.5. The molecule has 162 valence electrons. The first kappa shape index (κ1) is 20.8. The molecule has 0 spiro atoms. The molecule has 1 aliphatic heterocycles. The minimum atomic E-state index is 0.628. The fraction of sp³-hybridized carbons (Fsp3) is 0.333. The van der Waals surface area contributed by atoms with Gasteiger partial charge in [0.15, 0.2) is 11.6 Å². The van der Waals surface area contributed by atoms with E-state index < -0.39 is 0 Å². The molecule has 2 aromatic carbocycles. The molecule has 31 heavy (non-hydrogen) atoms. The zero-order chi connectivity index (χ0) is 21.8. The molecule has 7 heteroatoms. The number of benzene rings is 2. The van der Waals surface area contributed by atoms with Crippen molar-refractivity contribution in [2.75, 3.05) is 60.3 Å². The summed E-state index contributed by atoms with van der Waals surface area (Å²) in [5.74, 6) is 2.44. The van der Waals surface area contributed by atoms with Gasteiger partial charge in [-0.3, -0.25) is 0 Å². The van der Waals surface area contributed by atoms with Crippen LogP contribution in [0.1, 0.15) is 12.5 Å². The second-order valence-electron chi connectivity index (χ2n) is 7.69. The van der Waals surface area contributed by atoms with Crippen LogP contribution in [0.3, 0.4) is 0 Å². The third-order valence-corrected chi connectivity index (χ3v) is 5.74. The minimum Gasteiger partial charge on any atom is -0.497 e. The Labute approximate surface area is 184 Å². The summed E-state index contributed by atoms with van der Waals surface area (Å²) in [6.07, 6.45) is 1.62. The number of aryl methyl sites for hydroxylation is 1. The predicted molar refractivity (Wildman–Crippen MR) is 128 cm³/mol. The van der Waals surface area contributed by atoms with Gasteiger partial charge >= 0.3 is 0 Å². The Bertz CT molecular complexity index is 1010. The predicted octanol–water partition coefficient (Wildman–Crippen LogP) is 3.86. The van der Waals surface area contributed by atoms with Crippen molar-refractivity contribution in [3.63, 3.8) is 0 Å². The molecule has 0 amide bonds. The second-order valence-corrected chi connectivity index (χ2v) is 7.69. The lowest BCUT2D eigenvalue weighted by Gasteiger charge is -2.37. The van der Waals surface area contributed by atoms with Gasteiger partial charge in [-0.25, -0.2) is 9.97 Å². The monoisotopic (exact) mass is 418 g/mol. The van der Waals surface area contributed by atoms with Crippen molar-refractivity contribution in [1.29, 1.82) is 0 Å². The fourth-order valence-electron chi connectivity index (χ4n) is 4.06. The summed E-state index contributed by atoms with van der Waals surface area (Å²) in [6.45, 7) is 8.48. The summed E-state index contributed by atoms with van der Waals surface area (Å²) in [5, 5.41) is 0. The van der Waals surface area contributed by atoms with Gasteiger partial charge in [0.25, 0.3) is 0 Å². The van der Waals surface area contributed by atoms with Gasteiger partial charge in [0, 0.05) is 44.1 Å². The highest BCUT2D eigenvalue weighted by Crippen LogP contribution is 2.34. The molecule has 2 N–H and O–H groups in total. The number of hydrogen-bond donors (Lipinski definition) is 1. The van der Waals surface area contributed by atoms with Gasteiger partial charge in [0.1, 0.15) is 17.8 Å². The molecule has 3 aromatic rings. The number of nitrogens with zero attached hydrogens (tertiary/aromatic N) is 5. The van der Waals surface area contributed by atoms with Crippen LogP contribution in [0.2, 0.25) is 0 Å². The molecule has 0 unspecified atom stereocenters. The van der Waals surface area contributed by atoms with Gasteiger partial charge in [0.05, 0.1) is 7.11 Å². The lowest BCUT2D eigenvalue weighted by molar-refractivity contribution is 0.415. The van der Waals surface area contributed by atoms with Crippen LogP contribution < -0.4 is 25.2 Å². The molecule has 2 heterocycles. The highest BCUT2D eigenvalue weighted by Gasteiger charge is 2.23. The van der Waals surface area contributed by atoms with Crippen molar-refractivity contribution < 1.29 is 4.74 Å². The fourth-order valence-corrected chi connectivity index (χ4v) is 4.06. The number of aromatic nitrogens is 2. The Balaban J connectivity index is 1.52. The number of anilines is 5. The average Bonchev–Trinajstić information content (AvgIpc) is 2.81. The molecule has 0 saturated carbocycles. The molecule has 1 aliphatic rings. The van der Waals surface area contributed by atoms with Gasteiger partial charge < -0.3 is 25.2 Å². The van der Waals surface area contributed by atoms with Crippen LogP contribution in [0, 0.1) is 6.92 Å². The van der Waals surface area contributed by atoms with E-state index in [0.717, 1.165) is 55.8 Å². The first-order valence-electron chi connectivity index (χ1n) is 10.7.